The molecule has 0 N–H and O–H groups in total. The normalized spacial score (nSPS) is 13.2. The van der Waals surface area contributed by atoms with Crippen molar-refractivity contribution in [3.8, 4) is 17.2 Å². The molecule has 0 atom stereocenters. The topological polar surface area (TPSA) is 95.4 Å². The van der Waals surface area contributed by atoms with E-state index >= 15 is 0 Å². The number of Topliss-reactive ketones (excluding diaryl/α,β-unsaturated/α-hetero) is 2. The second-order valence-electron chi connectivity index (χ2n) is 7.37. The number of carbonyl (C=O) groups is 2. The summed E-state index contributed by atoms with van der Waals surface area (Å²) in [6, 6.07) is 18.3. The van der Waals surface area contributed by atoms with Crippen LogP contribution in [0.2, 0.25) is 0 Å². The molecular formula is C25H14N2O5. The summed E-state index contributed by atoms with van der Waals surface area (Å²) in [5.41, 5.74) is 1.88. The van der Waals surface area contributed by atoms with Crippen molar-refractivity contribution >= 4 is 39.8 Å². The summed E-state index contributed by atoms with van der Waals surface area (Å²) in [4.78, 5) is 34.3. The van der Waals surface area contributed by atoms with Crippen LogP contribution in [0.1, 0.15) is 26.6 Å². The van der Waals surface area contributed by atoms with E-state index in [2.05, 4.69) is 9.97 Å². The molecule has 7 nitrogen and oxygen atoms in total. The minimum absolute atomic E-state index is 0.00888. The van der Waals surface area contributed by atoms with E-state index in [4.69, 9.17) is 13.6 Å². The summed E-state index contributed by atoms with van der Waals surface area (Å²) in [6.45, 7) is 0. The van der Waals surface area contributed by atoms with Crippen molar-refractivity contribution in [1.82, 2.24) is 9.97 Å². The number of carbonyl (C=O) groups excluding carboxylic acids is 2. The number of benzene rings is 3. The van der Waals surface area contributed by atoms with Crippen molar-refractivity contribution in [3.05, 3.63) is 83.3 Å². The summed E-state index contributed by atoms with van der Waals surface area (Å²) in [7, 11) is 1.59. The molecule has 5 aromatic rings. The first-order chi connectivity index (χ1) is 15.6. The summed E-state index contributed by atoms with van der Waals surface area (Å²) in [5.74, 6) is 0.451. The fourth-order valence-corrected chi connectivity index (χ4v) is 3.84. The Bertz CT molecular complexity index is 1500. The SMILES string of the molecule is COc1ccc(-c2nc3oc(C=C4C(=O)c5cc6ccccc6cc5C4=O)nc3o2)cc1. The predicted molar refractivity (Wildman–Crippen MR) is 117 cm³/mol. The third-order valence-electron chi connectivity index (χ3n) is 5.46. The van der Waals surface area contributed by atoms with Crippen molar-refractivity contribution in [1.29, 1.82) is 0 Å². The van der Waals surface area contributed by atoms with Gasteiger partial charge < -0.3 is 13.6 Å². The van der Waals surface area contributed by atoms with E-state index in [1.807, 2.05) is 36.4 Å². The molecule has 32 heavy (non-hydrogen) atoms. The first-order valence-electron chi connectivity index (χ1n) is 9.86. The molecule has 0 spiro atoms. The van der Waals surface area contributed by atoms with Gasteiger partial charge in [-0.05, 0) is 47.2 Å². The molecule has 1 aliphatic rings. The maximum Gasteiger partial charge on any atom is 0.288 e. The van der Waals surface area contributed by atoms with Crippen LogP contribution in [-0.2, 0) is 0 Å². The Kier molecular flexibility index (Phi) is 3.85. The Balaban J connectivity index is 1.35. The lowest BCUT2D eigenvalue weighted by Crippen LogP contribution is -2.00. The molecule has 0 aliphatic heterocycles. The average molecular weight is 422 g/mol. The molecule has 0 saturated heterocycles. The third-order valence-corrected chi connectivity index (χ3v) is 5.46. The molecule has 0 unspecified atom stereocenters. The maximum atomic E-state index is 12.9. The number of nitrogens with zero attached hydrogens (tertiary/aromatic N) is 2. The van der Waals surface area contributed by atoms with E-state index in [1.165, 1.54) is 6.08 Å². The van der Waals surface area contributed by atoms with E-state index in [0.717, 1.165) is 22.1 Å². The molecule has 6 rings (SSSR count). The van der Waals surface area contributed by atoms with Crippen LogP contribution in [0.3, 0.4) is 0 Å². The Hall–Kier alpha value is -4.52. The molecule has 1 aliphatic carbocycles. The van der Waals surface area contributed by atoms with Gasteiger partial charge >= 0.3 is 0 Å². The summed E-state index contributed by atoms with van der Waals surface area (Å²) in [5, 5.41) is 1.80. The number of rotatable bonds is 3. The molecule has 2 heterocycles. The number of ketones is 2. The van der Waals surface area contributed by atoms with Gasteiger partial charge in [0.15, 0.2) is 11.6 Å². The summed E-state index contributed by atoms with van der Waals surface area (Å²) in [6.07, 6.45) is 1.35. The van der Waals surface area contributed by atoms with Crippen LogP contribution in [-0.4, -0.2) is 28.6 Å². The zero-order chi connectivity index (χ0) is 21.8. The number of aromatic nitrogens is 2. The van der Waals surface area contributed by atoms with Gasteiger partial charge in [-0.1, -0.05) is 24.3 Å². The summed E-state index contributed by atoms with van der Waals surface area (Å²) < 4.78 is 16.5. The van der Waals surface area contributed by atoms with E-state index in [0.29, 0.717) is 17.0 Å². The van der Waals surface area contributed by atoms with Gasteiger partial charge in [0.1, 0.15) is 5.75 Å². The van der Waals surface area contributed by atoms with E-state index < -0.39 is 0 Å². The van der Waals surface area contributed by atoms with E-state index in [1.54, 1.807) is 31.4 Å². The van der Waals surface area contributed by atoms with Crippen LogP contribution in [0.15, 0.2) is 75.1 Å². The fourth-order valence-electron chi connectivity index (χ4n) is 3.84. The molecule has 0 saturated carbocycles. The molecule has 0 amide bonds. The van der Waals surface area contributed by atoms with Gasteiger partial charge in [0, 0.05) is 22.8 Å². The zero-order valence-corrected chi connectivity index (χ0v) is 16.8. The predicted octanol–water partition coefficient (Wildman–Crippen LogP) is 5.11. The van der Waals surface area contributed by atoms with Crippen molar-refractivity contribution in [2.75, 3.05) is 7.11 Å². The van der Waals surface area contributed by atoms with Gasteiger partial charge in [-0.2, -0.15) is 9.97 Å². The number of fused-ring (bicyclic) bond motifs is 3. The van der Waals surface area contributed by atoms with Gasteiger partial charge in [-0.3, -0.25) is 9.59 Å². The molecule has 154 valence electrons. The van der Waals surface area contributed by atoms with Crippen molar-refractivity contribution < 1.29 is 23.2 Å². The lowest BCUT2D eigenvalue weighted by atomic mass is 10.0. The first-order valence-corrected chi connectivity index (χ1v) is 9.86. The number of allylic oxidation sites excluding steroid dienone is 1. The average Bonchev–Trinajstić information content (AvgIpc) is 3.45. The Morgan fingerprint density at radius 1 is 0.812 bits per heavy atom. The number of ether oxygens (including phenoxy) is 1. The first kappa shape index (κ1) is 18.3. The van der Waals surface area contributed by atoms with E-state index in [9.17, 15) is 9.59 Å². The van der Waals surface area contributed by atoms with Crippen LogP contribution in [0, 0.1) is 0 Å². The lowest BCUT2D eigenvalue weighted by molar-refractivity contribution is 0.0990. The third kappa shape index (κ3) is 2.75. The largest absolute Gasteiger partial charge is 0.497 e. The smallest absolute Gasteiger partial charge is 0.288 e. The Morgan fingerprint density at radius 3 is 2.03 bits per heavy atom. The van der Waals surface area contributed by atoms with Crippen molar-refractivity contribution in [3.63, 3.8) is 0 Å². The lowest BCUT2D eigenvalue weighted by Gasteiger charge is -2.00. The number of methoxy groups -OCH3 is 1. The standard InChI is InChI=1S/C25H14N2O5/c1-30-16-8-6-13(7-9-16)23-27-25-24(32-23)26-20(31-25)12-19-21(28)17-10-14-4-2-3-5-15(14)11-18(17)22(19)29/h2-12H,1H3. The van der Waals surface area contributed by atoms with Gasteiger partial charge in [0.05, 0.1) is 12.7 Å². The molecule has 0 bridgehead atoms. The second kappa shape index (κ2) is 6.75. The molecule has 0 radical (unpaired) electrons. The highest BCUT2D eigenvalue weighted by atomic mass is 16.5. The Labute approximate surface area is 181 Å². The van der Waals surface area contributed by atoms with Crippen LogP contribution in [0.5, 0.6) is 5.75 Å². The number of hydrogen-bond donors (Lipinski definition) is 0. The highest BCUT2D eigenvalue weighted by molar-refractivity contribution is 6.41. The maximum absolute atomic E-state index is 12.9. The highest BCUT2D eigenvalue weighted by Gasteiger charge is 2.34. The quantitative estimate of drug-likeness (QED) is 0.295. The van der Waals surface area contributed by atoms with Gasteiger partial charge in [-0.25, -0.2) is 0 Å². The fraction of sp³-hybridized carbons (Fsp3) is 0.0400. The minimum Gasteiger partial charge on any atom is -0.497 e. The minimum atomic E-state index is -0.350. The Morgan fingerprint density at radius 2 is 1.44 bits per heavy atom. The van der Waals surface area contributed by atoms with Crippen LogP contribution >= 0.6 is 0 Å². The van der Waals surface area contributed by atoms with Crippen molar-refractivity contribution in [2.45, 2.75) is 0 Å². The van der Waals surface area contributed by atoms with Gasteiger partial charge in [0.2, 0.25) is 11.8 Å². The zero-order valence-electron chi connectivity index (χ0n) is 16.8. The van der Waals surface area contributed by atoms with Crippen molar-refractivity contribution in [2.24, 2.45) is 0 Å². The van der Waals surface area contributed by atoms with Crippen LogP contribution in [0.4, 0.5) is 0 Å². The molecular weight excluding hydrogens is 408 g/mol. The van der Waals surface area contributed by atoms with Crippen LogP contribution < -0.4 is 4.74 Å². The number of oxazole rings is 2. The summed E-state index contributed by atoms with van der Waals surface area (Å²) >= 11 is 0. The van der Waals surface area contributed by atoms with E-state index in [-0.39, 0.29) is 34.5 Å². The van der Waals surface area contributed by atoms with Crippen LogP contribution in [0.25, 0.3) is 39.7 Å². The molecule has 0 fully saturated rings. The monoisotopic (exact) mass is 422 g/mol. The molecule has 3 aromatic carbocycles. The molecule has 2 aromatic heterocycles. The second-order valence-corrected chi connectivity index (χ2v) is 7.37. The molecule has 7 heteroatoms. The highest BCUT2D eigenvalue weighted by Crippen LogP contribution is 2.32. The van der Waals surface area contributed by atoms with Gasteiger partial charge in [0.25, 0.3) is 11.4 Å². The number of hydrogen-bond acceptors (Lipinski definition) is 7. The van der Waals surface area contributed by atoms with Gasteiger partial charge in [-0.15, -0.1) is 0 Å².